The molecule has 2 aromatic carbocycles. The van der Waals surface area contributed by atoms with E-state index in [-0.39, 0.29) is 12.5 Å². The minimum atomic E-state index is -3.62. The van der Waals surface area contributed by atoms with Crippen LogP contribution in [0.3, 0.4) is 0 Å². The van der Waals surface area contributed by atoms with Crippen molar-refractivity contribution in [2.24, 2.45) is 11.8 Å². The van der Waals surface area contributed by atoms with Crippen molar-refractivity contribution in [3.8, 4) is 0 Å². The molecule has 1 aliphatic rings. The lowest BCUT2D eigenvalue weighted by Crippen LogP contribution is -2.37. The molecule has 0 spiro atoms. The fourth-order valence-corrected chi connectivity index (χ4v) is 5.55. The number of hydrogen-bond acceptors (Lipinski definition) is 3. The first-order valence-electron chi connectivity index (χ1n) is 9.97. The third-order valence-corrected chi connectivity index (χ3v) is 7.49. The Morgan fingerprint density at radius 1 is 1.10 bits per heavy atom. The van der Waals surface area contributed by atoms with Crippen LogP contribution < -0.4 is 5.32 Å². The van der Waals surface area contributed by atoms with E-state index in [0.29, 0.717) is 23.9 Å². The van der Waals surface area contributed by atoms with Crippen LogP contribution in [-0.2, 0) is 10.0 Å². The molecule has 1 aliphatic carbocycles. The Labute approximate surface area is 172 Å². The van der Waals surface area contributed by atoms with Crippen molar-refractivity contribution < 1.29 is 18.3 Å². The highest BCUT2D eigenvalue weighted by molar-refractivity contribution is 7.89. The summed E-state index contributed by atoms with van der Waals surface area (Å²) in [5.41, 5.74) is 0. The predicted molar refractivity (Wildman–Crippen MR) is 114 cm³/mol. The Morgan fingerprint density at radius 2 is 1.76 bits per heavy atom. The Morgan fingerprint density at radius 3 is 2.41 bits per heavy atom. The zero-order valence-electron chi connectivity index (χ0n) is 16.5. The van der Waals surface area contributed by atoms with Gasteiger partial charge in [-0.05, 0) is 60.4 Å². The molecule has 0 aromatic heterocycles. The second kappa shape index (κ2) is 9.41. The molecule has 0 bridgehead atoms. The summed E-state index contributed by atoms with van der Waals surface area (Å²) in [6, 6.07) is 13.0. The van der Waals surface area contributed by atoms with Gasteiger partial charge in [-0.15, -0.1) is 6.58 Å². The van der Waals surface area contributed by atoms with Crippen LogP contribution in [0.1, 0.15) is 25.7 Å². The topological polar surface area (TPSA) is 86.7 Å². The van der Waals surface area contributed by atoms with Gasteiger partial charge in [0.15, 0.2) is 0 Å². The molecule has 7 heteroatoms. The first-order valence-corrected chi connectivity index (χ1v) is 11.4. The van der Waals surface area contributed by atoms with Gasteiger partial charge >= 0.3 is 6.09 Å². The molecule has 0 aliphatic heterocycles. The Hall–Kier alpha value is -2.38. The number of carbonyl (C=O) groups is 1. The quantitative estimate of drug-likeness (QED) is 0.635. The molecular weight excluding hydrogens is 388 g/mol. The maximum Gasteiger partial charge on any atom is 0.404 e. The van der Waals surface area contributed by atoms with Crippen LogP contribution in [0.2, 0.25) is 0 Å². The smallest absolute Gasteiger partial charge is 0.404 e. The highest BCUT2D eigenvalue weighted by Gasteiger charge is 2.29. The summed E-state index contributed by atoms with van der Waals surface area (Å²) < 4.78 is 28.1. The molecule has 3 rings (SSSR count). The van der Waals surface area contributed by atoms with Crippen LogP contribution in [0, 0.1) is 11.8 Å². The van der Waals surface area contributed by atoms with Gasteiger partial charge < -0.3 is 10.4 Å². The van der Waals surface area contributed by atoms with Crippen molar-refractivity contribution in [1.82, 2.24) is 9.62 Å². The van der Waals surface area contributed by atoms with Crippen molar-refractivity contribution in [3.05, 3.63) is 55.1 Å². The number of amides is 1. The minimum absolute atomic E-state index is 0.270. The van der Waals surface area contributed by atoms with Gasteiger partial charge in [0.2, 0.25) is 10.0 Å². The second-order valence-electron chi connectivity index (χ2n) is 7.69. The van der Waals surface area contributed by atoms with Crippen LogP contribution in [-0.4, -0.2) is 43.6 Å². The summed E-state index contributed by atoms with van der Waals surface area (Å²) in [4.78, 5) is 11.0. The fourth-order valence-electron chi connectivity index (χ4n) is 4.03. The largest absolute Gasteiger partial charge is 0.465 e. The van der Waals surface area contributed by atoms with Crippen LogP contribution in [0.15, 0.2) is 60.0 Å². The van der Waals surface area contributed by atoms with E-state index in [2.05, 4.69) is 11.9 Å². The number of nitrogens with zero attached hydrogens (tertiary/aromatic N) is 1. The summed E-state index contributed by atoms with van der Waals surface area (Å²) in [6.45, 7) is 4.93. The lowest BCUT2D eigenvalue weighted by molar-refractivity contribution is 0.186. The molecule has 1 saturated carbocycles. The average Bonchev–Trinajstić information content (AvgIpc) is 2.72. The van der Waals surface area contributed by atoms with Crippen molar-refractivity contribution in [1.29, 1.82) is 0 Å². The standard InChI is InChI=1S/C22H28N2O4S/c1-2-13-24(16-18-9-7-17(8-10-18)15-23-22(25)26)29(27,28)21-12-11-19-5-3-4-6-20(19)14-21/h2-6,11-12,14,17-18,23H,1,7-10,13,15-16H2,(H,25,26). The minimum Gasteiger partial charge on any atom is -0.465 e. The fraction of sp³-hybridized carbons (Fsp3) is 0.409. The van der Waals surface area contributed by atoms with E-state index < -0.39 is 16.1 Å². The average molecular weight is 417 g/mol. The van der Waals surface area contributed by atoms with E-state index >= 15 is 0 Å². The van der Waals surface area contributed by atoms with Gasteiger partial charge in [0.1, 0.15) is 0 Å². The summed E-state index contributed by atoms with van der Waals surface area (Å²) in [5, 5.41) is 13.1. The highest BCUT2D eigenvalue weighted by atomic mass is 32.2. The molecule has 2 N–H and O–H groups in total. The molecule has 156 valence electrons. The number of nitrogens with one attached hydrogen (secondary N) is 1. The molecule has 1 fully saturated rings. The molecule has 0 heterocycles. The molecular formula is C22H28N2O4S. The Kier molecular flexibility index (Phi) is 6.92. The third kappa shape index (κ3) is 5.36. The first-order chi connectivity index (χ1) is 13.9. The molecule has 0 atom stereocenters. The Bertz CT molecular complexity index is 966. The number of sulfonamides is 1. The van der Waals surface area contributed by atoms with Gasteiger partial charge in [-0.3, -0.25) is 0 Å². The van der Waals surface area contributed by atoms with E-state index in [0.717, 1.165) is 36.5 Å². The predicted octanol–water partition coefficient (Wildman–Crippen LogP) is 4.09. The zero-order chi connectivity index (χ0) is 20.9. The van der Waals surface area contributed by atoms with Gasteiger partial charge in [-0.2, -0.15) is 4.31 Å². The first kappa shape index (κ1) is 21.3. The third-order valence-electron chi connectivity index (χ3n) is 5.66. The number of hydrogen-bond donors (Lipinski definition) is 2. The lowest BCUT2D eigenvalue weighted by atomic mass is 9.82. The van der Waals surface area contributed by atoms with Crippen LogP contribution in [0.25, 0.3) is 10.8 Å². The highest BCUT2D eigenvalue weighted by Crippen LogP contribution is 2.31. The summed E-state index contributed by atoms with van der Waals surface area (Å²) in [5.74, 6) is 0.596. The SMILES string of the molecule is C=CCN(CC1CCC(CNC(=O)O)CC1)S(=O)(=O)c1ccc2ccccc2c1. The van der Waals surface area contributed by atoms with Crippen LogP contribution in [0.4, 0.5) is 4.79 Å². The van der Waals surface area contributed by atoms with Gasteiger partial charge in [0, 0.05) is 19.6 Å². The normalized spacial score (nSPS) is 19.9. The number of benzene rings is 2. The number of fused-ring (bicyclic) bond motifs is 1. The zero-order valence-corrected chi connectivity index (χ0v) is 17.3. The van der Waals surface area contributed by atoms with Crippen LogP contribution >= 0.6 is 0 Å². The second-order valence-corrected chi connectivity index (χ2v) is 9.63. The summed E-state index contributed by atoms with van der Waals surface area (Å²) in [7, 11) is -3.62. The van der Waals surface area contributed by atoms with E-state index in [1.807, 2.05) is 30.3 Å². The maximum atomic E-state index is 13.3. The van der Waals surface area contributed by atoms with E-state index in [1.165, 1.54) is 4.31 Å². The van der Waals surface area contributed by atoms with Gasteiger partial charge in [-0.1, -0.05) is 36.4 Å². The molecule has 29 heavy (non-hydrogen) atoms. The van der Waals surface area contributed by atoms with Crippen molar-refractivity contribution >= 4 is 26.9 Å². The van der Waals surface area contributed by atoms with Crippen molar-refractivity contribution in [2.75, 3.05) is 19.6 Å². The summed E-state index contributed by atoms with van der Waals surface area (Å²) in [6.07, 6.45) is 4.23. The molecule has 2 aromatic rings. The monoisotopic (exact) mass is 416 g/mol. The molecule has 6 nitrogen and oxygen atoms in total. The van der Waals surface area contributed by atoms with E-state index in [1.54, 1.807) is 18.2 Å². The van der Waals surface area contributed by atoms with E-state index in [9.17, 15) is 13.2 Å². The molecule has 0 saturated heterocycles. The Balaban J connectivity index is 1.70. The van der Waals surface area contributed by atoms with Crippen molar-refractivity contribution in [2.45, 2.75) is 30.6 Å². The molecule has 0 unspecified atom stereocenters. The number of rotatable bonds is 8. The lowest BCUT2D eigenvalue weighted by Gasteiger charge is -2.32. The maximum absolute atomic E-state index is 13.3. The van der Waals surface area contributed by atoms with Crippen LogP contribution in [0.5, 0.6) is 0 Å². The van der Waals surface area contributed by atoms with Gasteiger partial charge in [-0.25, -0.2) is 13.2 Å². The molecule has 0 radical (unpaired) electrons. The summed E-state index contributed by atoms with van der Waals surface area (Å²) >= 11 is 0. The number of carboxylic acid groups (broad SMARTS) is 1. The molecule has 1 amide bonds. The van der Waals surface area contributed by atoms with Crippen molar-refractivity contribution in [3.63, 3.8) is 0 Å². The van der Waals surface area contributed by atoms with E-state index in [4.69, 9.17) is 5.11 Å². The van der Waals surface area contributed by atoms with Gasteiger partial charge in [0.05, 0.1) is 4.90 Å². The van der Waals surface area contributed by atoms with Gasteiger partial charge in [0.25, 0.3) is 0 Å².